The minimum absolute atomic E-state index is 0.00448. The highest BCUT2D eigenvalue weighted by molar-refractivity contribution is 7.09. The first-order chi connectivity index (χ1) is 14.8. The number of hydrogen-bond acceptors (Lipinski definition) is 6. The summed E-state index contributed by atoms with van der Waals surface area (Å²) < 4.78 is 4.43. The normalized spacial score (nSPS) is 15.8. The number of benzene rings is 3. The SMILES string of the molecule is O=C1Cc2ccccc2C(c2ccccc2)=NC1Nc1nc(-c2ccccc2)ns1. The van der Waals surface area contributed by atoms with E-state index in [9.17, 15) is 4.79 Å². The quantitative estimate of drug-likeness (QED) is 0.534. The summed E-state index contributed by atoms with van der Waals surface area (Å²) in [6.45, 7) is 0. The second-order valence-electron chi connectivity index (χ2n) is 6.98. The average Bonchev–Trinajstić information content (AvgIpc) is 3.21. The predicted octanol–water partition coefficient (Wildman–Crippen LogP) is 4.61. The third-order valence-corrected chi connectivity index (χ3v) is 5.61. The predicted molar refractivity (Wildman–Crippen MR) is 120 cm³/mol. The van der Waals surface area contributed by atoms with Crippen molar-refractivity contribution < 1.29 is 4.79 Å². The van der Waals surface area contributed by atoms with E-state index in [1.165, 1.54) is 11.5 Å². The third kappa shape index (κ3) is 3.65. The number of aromatic nitrogens is 2. The van der Waals surface area contributed by atoms with Gasteiger partial charge in [0.2, 0.25) is 5.13 Å². The van der Waals surface area contributed by atoms with Gasteiger partial charge in [0, 0.05) is 34.6 Å². The maximum Gasteiger partial charge on any atom is 0.204 e. The Morgan fingerprint density at radius 3 is 2.27 bits per heavy atom. The second-order valence-corrected chi connectivity index (χ2v) is 7.73. The van der Waals surface area contributed by atoms with Crippen molar-refractivity contribution in [2.45, 2.75) is 12.6 Å². The number of carbonyl (C=O) groups excluding carboxylic acids is 1. The van der Waals surface area contributed by atoms with E-state index in [-0.39, 0.29) is 5.78 Å². The molecule has 0 aliphatic carbocycles. The van der Waals surface area contributed by atoms with Crippen LogP contribution in [0.1, 0.15) is 16.7 Å². The van der Waals surface area contributed by atoms with Gasteiger partial charge >= 0.3 is 0 Å². The molecule has 0 bridgehead atoms. The highest BCUT2D eigenvalue weighted by atomic mass is 32.1. The van der Waals surface area contributed by atoms with Crippen molar-refractivity contribution in [3.05, 3.63) is 102 Å². The number of hydrogen-bond donors (Lipinski definition) is 1. The zero-order valence-electron chi connectivity index (χ0n) is 16.0. The smallest absolute Gasteiger partial charge is 0.204 e. The molecule has 146 valence electrons. The Morgan fingerprint density at radius 2 is 1.50 bits per heavy atom. The van der Waals surface area contributed by atoms with Crippen LogP contribution in [0.3, 0.4) is 0 Å². The summed E-state index contributed by atoms with van der Waals surface area (Å²) in [7, 11) is 0. The lowest BCUT2D eigenvalue weighted by molar-refractivity contribution is -0.118. The summed E-state index contributed by atoms with van der Waals surface area (Å²) in [5, 5.41) is 3.78. The van der Waals surface area contributed by atoms with Gasteiger partial charge in [-0.15, -0.1) is 0 Å². The van der Waals surface area contributed by atoms with Crippen LogP contribution >= 0.6 is 11.5 Å². The monoisotopic (exact) mass is 410 g/mol. The molecule has 0 amide bonds. The van der Waals surface area contributed by atoms with Crippen LogP contribution in [0.2, 0.25) is 0 Å². The van der Waals surface area contributed by atoms with Crippen molar-refractivity contribution in [3.8, 4) is 11.4 Å². The molecule has 6 heteroatoms. The van der Waals surface area contributed by atoms with Gasteiger partial charge < -0.3 is 5.32 Å². The van der Waals surface area contributed by atoms with Crippen molar-refractivity contribution >= 4 is 28.2 Å². The lowest BCUT2D eigenvalue weighted by Crippen LogP contribution is -2.28. The highest BCUT2D eigenvalue weighted by Crippen LogP contribution is 2.25. The van der Waals surface area contributed by atoms with E-state index in [0.29, 0.717) is 17.4 Å². The average molecular weight is 411 g/mol. The molecule has 0 spiro atoms. The zero-order chi connectivity index (χ0) is 20.3. The van der Waals surface area contributed by atoms with Crippen LogP contribution in [-0.2, 0) is 11.2 Å². The first kappa shape index (κ1) is 18.4. The number of nitrogens with zero attached hydrogens (tertiary/aromatic N) is 3. The summed E-state index contributed by atoms with van der Waals surface area (Å²) in [5.41, 5.74) is 4.70. The molecule has 5 rings (SSSR count). The minimum atomic E-state index is -0.718. The summed E-state index contributed by atoms with van der Waals surface area (Å²) in [6.07, 6.45) is -0.401. The van der Waals surface area contributed by atoms with Crippen molar-refractivity contribution in [1.29, 1.82) is 0 Å². The molecule has 3 aromatic carbocycles. The number of nitrogens with one attached hydrogen (secondary N) is 1. The van der Waals surface area contributed by atoms with Gasteiger partial charge in [-0.3, -0.25) is 9.79 Å². The molecule has 4 aromatic rings. The third-order valence-electron chi connectivity index (χ3n) is 4.97. The molecule has 5 nitrogen and oxygen atoms in total. The zero-order valence-corrected chi connectivity index (χ0v) is 16.8. The first-order valence-corrected chi connectivity index (χ1v) is 10.5. The van der Waals surface area contributed by atoms with Crippen molar-refractivity contribution in [1.82, 2.24) is 9.36 Å². The number of anilines is 1. The highest BCUT2D eigenvalue weighted by Gasteiger charge is 2.26. The maximum atomic E-state index is 13.0. The Bertz CT molecular complexity index is 1220. The molecule has 0 radical (unpaired) electrons. The Hall–Kier alpha value is -3.64. The lowest BCUT2D eigenvalue weighted by Gasteiger charge is -2.12. The van der Waals surface area contributed by atoms with Gasteiger partial charge in [0.15, 0.2) is 17.8 Å². The van der Waals surface area contributed by atoms with Gasteiger partial charge in [-0.05, 0) is 5.56 Å². The van der Waals surface area contributed by atoms with Crippen LogP contribution in [0.4, 0.5) is 5.13 Å². The second kappa shape index (κ2) is 8.00. The molecular weight excluding hydrogens is 392 g/mol. The Labute approximate surface area is 178 Å². The van der Waals surface area contributed by atoms with Gasteiger partial charge in [0.05, 0.1) is 5.71 Å². The van der Waals surface area contributed by atoms with Crippen LogP contribution in [0.5, 0.6) is 0 Å². The van der Waals surface area contributed by atoms with E-state index >= 15 is 0 Å². The Kier molecular flexibility index (Phi) is 4.91. The summed E-state index contributed by atoms with van der Waals surface area (Å²) >= 11 is 1.23. The largest absolute Gasteiger partial charge is 0.332 e. The Balaban J connectivity index is 1.51. The maximum absolute atomic E-state index is 13.0. The lowest BCUT2D eigenvalue weighted by atomic mass is 9.96. The van der Waals surface area contributed by atoms with Gasteiger partial charge in [0.1, 0.15) is 0 Å². The number of Topliss-reactive ketones (excluding diaryl/α,β-unsaturated/α-hetero) is 1. The van der Waals surface area contributed by atoms with E-state index in [2.05, 4.69) is 14.7 Å². The summed E-state index contributed by atoms with van der Waals surface area (Å²) in [6, 6.07) is 27.7. The van der Waals surface area contributed by atoms with E-state index in [1.54, 1.807) is 0 Å². The molecule has 1 atom stereocenters. The van der Waals surface area contributed by atoms with Gasteiger partial charge in [-0.25, -0.2) is 0 Å². The van der Waals surface area contributed by atoms with E-state index < -0.39 is 6.17 Å². The van der Waals surface area contributed by atoms with E-state index in [0.717, 1.165) is 28.0 Å². The number of carbonyl (C=O) groups is 1. The molecule has 30 heavy (non-hydrogen) atoms. The molecule has 1 aliphatic rings. The van der Waals surface area contributed by atoms with Crippen LogP contribution in [0, 0.1) is 0 Å². The number of aliphatic imine (C=N–C) groups is 1. The van der Waals surface area contributed by atoms with Gasteiger partial charge in [-0.2, -0.15) is 9.36 Å². The molecule has 0 fully saturated rings. The van der Waals surface area contributed by atoms with Crippen LogP contribution in [-0.4, -0.2) is 27.0 Å². The molecule has 1 N–H and O–H groups in total. The van der Waals surface area contributed by atoms with Crippen LogP contribution < -0.4 is 5.32 Å². The number of fused-ring (bicyclic) bond motifs is 1. The molecule has 0 saturated carbocycles. The topological polar surface area (TPSA) is 67.2 Å². The van der Waals surface area contributed by atoms with Crippen LogP contribution in [0.15, 0.2) is 89.9 Å². The standard InChI is InChI=1S/C24H18N4OS/c29-20-15-18-13-7-8-14-19(18)21(16-9-3-1-4-10-16)25-23(20)27-24-26-22(28-30-24)17-11-5-2-6-12-17/h1-14,23H,15H2,(H,26,27,28). The first-order valence-electron chi connectivity index (χ1n) is 9.68. The summed E-state index contributed by atoms with van der Waals surface area (Å²) in [4.78, 5) is 22.4. The molecular formula is C24H18N4OS. The molecule has 0 saturated heterocycles. The van der Waals surface area contributed by atoms with E-state index in [4.69, 9.17) is 4.99 Å². The number of ketones is 1. The Morgan fingerprint density at radius 1 is 0.833 bits per heavy atom. The minimum Gasteiger partial charge on any atom is -0.332 e. The van der Waals surface area contributed by atoms with Crippen molar-refractivity contribution in [2.75, 3.05) is 5.32 Å². The fourth-order valence-electron chi connectivity index (χ4n) is 3.50. The molecule has 1 aliphatic heterocycles. The molecule has 1 aromatic heterocycles. The fraction of sp³-hybridized carbons (Fsp3) is 0.0833. The number of rotatable bonds is 4. The van der Waals surface area contributed by atoms with Gasteiger partial charge in [-0.1, -0.05) is 84.9 Å². The van der Waals surface area contributed by atoms with Crippen molar-refractivity contribution in [2.24, 2.45) is 4.99 Å². The summed E-state index contributed by atoms with van der Waals surface area (Å²) in [5.74, 6) is 0.643. The molecule has 1 unspecified atom stereocenters. The fourth-order valence-corrected chi connectivity index (χ4v) is 4.11. The van der Waals surface area contributed by atoms with Crippen molar-refractivity contribution in [3.63, 3.8) is 0 Å². The van der Waals surface area contributed by atoms with Gasteiger partial charge in [0.25, 0.3) is 0 Å². The van der Waals surface area contributed by atoms with Crippen LogP contribution in [0.25, 0.3) is 11.4 Å². The van der Waals surface area contributed by atoms with E-state index in [1.807, 2.05) is 84.9 Å². The molecule has 2 heterocycles.